The van der Waals surface area contributed by atoms with Crippen molar-refractivity contribution in [3.05, 3.63) is 72.1 Å². The smallest absolute Gasteiger partial charge is 0.345 e. The Labute approximate surface area is 147 Å². The summed E-state index contributed by atoms with van der Waals surface area (Å²) in [5.74, 6) is -1.97. The first-order valence-electron chi connectivity index (χ1n) is 7.93. The average Bonchev–Trinajstić information content (AvgIpc) is 2.60. The molecule has 1 aliphatic rings. The minimum absolute atomic E-state index is 0.307. The molecule has 0 saturated carbocycles. The van der Waals surface area contributed by atoms with Crippen LogP contribution in [0.1, 0.15) is 11.1 Å². The largest absolute Gasteiger partial charge is 0.416 e. The Morgan fingerprint density at radius 1 is 1.12 bits per heavy atom. The molecule has 3 nitrogen and oxygen atoms in total. The van der Waals surface area contributed by atoms with Crippen LogP contribution in [0.4, 0.5) is 28.9 Å². The first-order valence-corrected chi connectivity index (χ1v) is 7.93. The van der Waals surface area contributed by atoms with Gasteiger partial charge in [0, 0.05) is 17.9 Å². The molecule has 1 amide bonds. The second kappa shape index (κ2) is 6.82. The molecule has 0 aromatic heterocycles. The highest BCUT2D eigenvalue weighted by atomic mass is 19.4. The number of fused-ring (bicyclic) bond motifs is 1. The van der Waals surface area contributed by atoms with E-state index in [1.165, 1.54) is 12.1 Å². The van der Waals surface area contributed by atoms with E-state index >= 15 is 0 Å². The summed E-state index contributed by atoms with van der Waals surface area (Å²) in [6, 6.07) is 11.8. The first kappa shape index (κ1) is 18.0. The van der Waals surface area contributed by atoms with Gasteiger partial charge in [-0.05, 0) is 42.3 Å². The van der Waals surface area contributed by atoms with Gasteiger partial charge in [-0.1, -0.05) is 24.8 Å². The zero-order chi connectivity index (χ0) is 18.9. The molecule has 1 aliphatic heterocycles. The van der Waals surface area contributed by atoms with Crippen molar-refractivity contribution in [2.24, 2.45) is 0 Å². The highest BCUT2D eigenvalue weighted by Crippen LogP contribution is 2.35. The zero-order valence-electron chi connectivity index (χ0n) is 13.7. The number of alkyl halides is 3. The number of benzene rings is 2. The molecule has 0 aliphatic carbocycles. The molecule has 2 aromatic rings. The number of nitrogens with one attached hydrogen (secondary N) is 1. The summed E-state index contributed by atoms with van der Waals surface area (Å²) in [7, 11) is 0. The predicted molar refractivity (Wildman–Crippen MR) is 90.8 cm³/mol. The summed E-state index contributed by atoms with van der Waals surface area (Å²) in [5, 5.41) is 2.56. The van der Waals surface area contributed by atoms with Crippen LogP contribution in [0.3, 0.4) is 0 Å². The molecule has 0 saturated heterocycles. The molecule has 1 atom stereocenters. The molecule has 0 fully saturated rings. The Morgan fingerprint density at radius 2 is 1.77 bits per heavy atom. The molecule has 0 spiro atoms. The van der Waals surface area contributed by atoms with Crippen molar-refractivity contribution in [2.45, 2.75) is 18.6 Å². The van der Waals surface area contributed by atoms with E-state index in [0.29, 0.717) is 18.7 Å². The summed E-state index contributed by atoms with van der Waals surface area (Å²) in [4.78, 5) is 13.4. The number of anilines is 2. The van der Waals surface area contributed by atoms with Crippen molar-refractivity contribution in [1.29, 1.82) is 0 Å². The Kier molecular flexibility index (Phi) is 4.71. The van der Waals surface area contributed by atoms with Crippen LogP contribution < -0.4 is 10.2 Å². The van der Waals surface area contributed by atoms with E-state index in [2.05, 4.69) is 11.9 Å². The van der Waals surface area contributed by atoms with E-state index in [1.54, 1.807) is 0 Å². The number of carbonyl (C=O) groups excluding carboxylic acids is 1. The molecule has 26 heavy (non-hydrogen) atoms. The topological polar surface area (TPSA) is 32.3 Å². The lowest BCUT2D eigenvalue weighted by molar-refractivity contribution is -0.137. The van der Waals surface area contributed by atoms with Crippen LogP contribution in [-0.4, -0.2) is 18.5 Å². The van der Waals surface area contributed by atoms with Gasteiger partial charge in [-0.3, -0.25) is 4.79 Å². The Balaban J connectivity index is 1.91. The normalized spacial score (nSPS) is 16.8. The van der Waals surface area contributed by atoms with Crippen LogP contribution in [0, 0.1) is 0 Å². The van der Waals surface area contributed by atoms with Crippen molar-refractivity contribution < 1.29 is 22.4 Å². The van der Waals surface area contributed by atoms with Gasteiger partial charge in [0.1, 0.15) is 0 Å². The van der Waals surface area contributed by atoms with Gasteiger partial charge >= 0.3 is 6.18 Å². The monoisotopic (exact) mass is 364 g/mol. The molecular weight excluding hydrogens is 348 g/mol. The number of hydrogen-bond acceptors (Lipinski definition) is 2. The fourth-order valence-electron chi connectivity index (χ4n) is 3.03. The molecule has 136 valence electrons. The van der Waals surface area contributed by atoms with Gasteiger partial charge in [0.25, 0.3) is 5.91 Å². The summed E-state index contributed by atoms with van der Waals surface area (Å²) < 4.78 is 51.3. The lowest BCUT2D eigenvalue weighted by Gasteiger charge is -2.36. The van der Waals surface area contributed by atoms with Gasteiger partial charge in [0.15, 0.2) is 5.83 Å². The second-order valence-electron chi connectivity index (χ2n) is 6.06. The number of hydrogen-bond donors (Lipinski definition) is 1. The standard InChI is InChI=1S/C19H16F4N2O/c1-12(20)18(26)24-15-10-13-4-2-3-5-17(13)25(11-15)16-8-6-14(7-9-16)19(21,22)23/h2-9,15H,1,10-11H2,(H,24,26). The number of rotatable bonds is 3. The number of nitrogens with zero attached hydrogens (tertiary/aromatic N) is 1. The maximum Gasteiger partial charge on any atom is 0.416 e. The maximum atomic E-state index is 13.0. The fraction of sp³-hybridized carbons (Fsp3) is 0.211. The molecular formula is C19H16F4N2O. The Hall–Kier alpha value is -2.83. The first-order chi connectivity index (χ1) is 12.3. The minimum Gasteiger partial charge on any atom is -0.345 e. The van der Waals surface area contributed by atoms with Crippen molar-refractivity contribution in [3.8, 4) is 0 Å². The average molecular weight is 364 g/mol. The highest BCUT2D eigenvalue weighted by Gasteiger charge is 2.31. The molecule has 2 aromatic carbocycles. The second-order valence-corrected chi connectivity index (χ2v) is 6.06. The van der Waals surface area contributed by atoms with Crippen LogP contribution in [-0.2, 0) is 17.4 Å². The van der Waals surface area contributed by atoms with Gasteiger partial charge in [-0.15, -0.1) is 0 Å². The molecule has 0 radical (unpaired) electrons. The molecule has 3 rings (SSSR count). The van der Waals surface area contributed by atoms with Gasteiger partial charge in [-0.25, -0.2) is 4.39 Å². The predicted octanol–water partition coefficient (Wildman–Crippen LogP) is 4.37. The fourth-order valence-corrected chi connectivity index (χ4v) is 3.03. The third-order valence-corrected chi connectivity index (χ3v) is 4.24. The number of halogens is 4. The van der Waals surface area contributed by atoms with Gasteiger partial charge in [0.2, 0.25) is 0 Å². The van der Waals surface area contributed by atoms with Crippen molar-refractivity contribution in [1.82, 2.24) is 5.32 Å². The van der Waals surface area contributed by atoms with E-state index in [1.807, 2.05) is 29.2 Å². The van der Waals surface area contributed by atoms with E-state index in [-0.39, 0.29) is 0 Å². The third-order valence-electron chi connectivity index (χ3n) is 4.24. The van der Waals surface area contributed by atoms with Crippen LogP contribution in [0.15, 0.2) is 60.9 Å². The highest BCUT2D eigenvalue weighted by molar-refractivity contribution is 5.91. The minimum atomic E-state index is -4.41. The Morgan fingerprint density at radius 3 is 2.38 bits per heavy atom. The molecule has 1 unspecified atom stereocenters. The van der Waals surface area contributed by atoms with Crippen molar-refractivity contribution in [3.63, 3.8) is 0 Å². The van der Waals surface area contributed by atoms with Gasteiger partial charge < -0.3 is 10.2 Å². The summed E-state index contributed by atoms with van der Waals surface area (Å²) in [6.45, 7) is 3.28. The Bertz CT molecular complexity index is 830. The van der Waals surface area contributed by atoms with Crippen LogP contribution in [0.25, 0.3) is 0 Å². The molecule has 0 bridgehead atoms. The van der Waals surface area contributed by atoms with E-state index in [4.69, 9.17) is 0 Å². The summed E-state index contributed by atoms with van der Waals surface area (Å²) >= 11 is 0. The quantitative estimate of drug-likeness (QED) is 0.648. The molecule has 7 heteroatoms. The van der Waals surface area contributed by atoms with Crippen LogP contribution >= 0.6 is 0 Å². The summed E-state index contributed by atoms with van der Waals surface area (Å²) in [5.41, 5.74) is 1.58. The zero-order valence-corrected chi connectivity index (χ0v) is 13.7. The van der Waals surface area contributed by atoms with E-state index in [0.717, 1.165) is 23.4 Å². The van der Waals surface area contributed by atoms with Crippen LogP contribution in [0.2, 0.25) is 0 Å². The van der Waals surface area contributed by atoms with E-state index < -0.39 is 29.5 Å². The molecule has 1 N–H and O–H groups in total. The van der Waals surface area contributed by atoms with Crippen molar-refractivity contribution in [2.75, 3.05) is 11.4 Å². The van der Waals surface area contributed by atoms with Gasteiger partial charge in [-0.2, -0.15) is 13.2 Å². The SMILES string of the molecule is C=C(F)C(=O)NC1Cc2ccccc2N(c2ccc(C(F)(F)F)cc2)C1. The lowest BCUT2D eigenvalue weighted by Crippen LogP contribution is -2.46. The maximum absolute atomic E-state index is 13.0. The lowest BCUT2D eigenvalue weighted by atomic mass is 9.97. The van der Waals surface area contributed by atoms with E-state index in [9.17, 15) is 22.4 Å². The molecule has 1 heterocycles. The van der Waals surface area contributed by atoms with Crippen LogP contribution in [0.5, 0.6) is 0 Å². The number of para-hydroxylation sites is 1. The van der Waals surface area contributed by atoms with Gasteiger partial charge in [0.05, 0.1) is 11.6 Å². The van der Waals surface area contributed by atoms with Crippen molar-refractivity contribution >= 4 is 17.3 Å². The number of amides is 1. The summed E-state index contributed by atoms with van der Waals surface area (Å²) in [6.07, 6.45) is -3.91. The number of carbonyl (C=O) groups is 1. The third kappa shape index (κ3) is 3.71.